The molecular formula is C16H18FN. The first kappa shape index (κ1) is 12.8. The van der Waals surface area contributed by atoms with Gasteiger partial charge < -0.3 is 5.32 Å². The van der Waals surface area contributed by atoms with Crippen LogP contribution in [0.1, 0.15) is 16.7 Å². The van der Waals surface area contributed by atoms with Crippen LogP contribution in [0.4, 0.5) is 4.39 Å². The average molecular weight is 243 g/mol. The van der Waals surface area contributed by atoms with Gasteiger partial charge in [0.25, 0.3) is 0 Å². The molecule has 0 unspecified atom stereocenters. The average Bonchev–Trinajstić information content (AvgIpc) is 2.35. The van der Waals surface area contributed by atoms with Gasteiger partial charge in [-0.1, -0.05) is 24.3 Å². The summed E-state index contributed by atoms with van der Waals surface area (Å²) in [6.07, 6.45) is 0. The summed E-state index contributed by atoms with van der Waals surface area (Å²) in [5.74, 6) is -0.189. The molecule has 0 aliphatic carbocycles. The van der Waals surface area contributed by atoms with Crippen LogP contribution in [0.2, 0.25) is 0 Å². The molecular weight excluding hydrogens is 225 g/mol. The van der Waals surface area contributed by atoms with E-state index in [2.05, 4.69) is 31.3 Å². The number of hydrogen-bond acceptors (Lipinski definition) is 1. The molecule has 0 saturated heterocycles. The summed E-state index contributed by atoms with van der Waals surface area (Å²) in [6.45, 7) is 4.90. The fraction of sp³-hybridized carbons (Fsp3) is 0.250. The van der Waals surface area contributed by atoms with Crippen LogP contribution in [0, 0.1) is 19.7 Å². The van der Waals surface area contributed by atoms with E-state index in [1.54, 1.807) is 6.07 Å². The molecule has 2 aromatic carbocycles. The topological polar surface area (TPSA) is 12.0 Å². The maximum Gasteiger partial charge on any atom is 0.123 e. The molecule has 0 amide bonds. The molecule has 0 aliphatic heterocycles. The minimum Gasteiger partial charge on any atom is -0.316 e. The van der Waals surface area contributed by atoms with Crippen molar-refractivity contribution < 1.29 is 4.39 Å². The fourth-order valence-corrected chi connectivity index (χ4v) is 2.19. The van der Waals surface area contributed by atoms with E-state index in [0.717, 1.165) is 23.2 Å². The van der Waals surface area contributed by atoms with Crippen LogP contribution < -0.4 is 5.32 Å². The van der Waals surface area contributed by atoms with E-state index in [1.165, 1.54) is 17.2 Å². The van der Waals surface area contributed by atoms with Gasteiger partial charge in [-0.25, -0.2) is 4.39 Å². The van der Waals surface area contributed by atoms with Gasteiger partial charge in [0.1, 0.15) is 5.82 Å². The zero-order chi connectivity index (χ0) is 13.1. The van der Waals surface area contributed by atoms with Gasteiger partial charge in [0, 0.05) is 6.54 Å². The van der Waals surface area contributed by atoms with Crippen molar-refractivity contribution in [2.75, 3.05) is 7.05 Å². The van der Waals surface area contributed by atoms with E-state index in [-0.39, 0.29) is 5.82 Å². The minimum atomic E-state index is -0.189. The van der Waals surface area contributed by atoms with E-state index >= 15 is 0 Å². The minimum absolute atomic E-state index is 0.189. The van der Waals surface area contributed by atoms with Crippen LogP contribution in [0.3, 0.4) is 0 Å². The van der Waals surface area contributed by atoms with Crippen molar-refractivity contribution in [3.63, 3.8) is 0 Å². The van der Waals surface area contributed by atoms with Crippen molar-refractivity contribution >= 4 is 0 Å². The molecule has 18 heavy (non-hydrogen) atoms. The van der Waals surface area contributed by atoms with Gasteiger partial charge in [0.15, 0.2) is 0 Å². The van der Waals surface area contributed by atoms with Crippen LogP contribution in [0.5, 0.6) is 0 Å². The molecule has 1 nitrogen and oxygen atoms in total. The first-order valence-electron chi connectivity index (χ1n) is 6.13. The lowest BCUT2D eigenvalue weighted by Gasteiger charge is -2.13. The van der Waals surface area contributed by atoms with E-state index in [1.807, 2.05) is 19.2 Å². The van der Waals surface area contributed by atoms with Crippen LogP contribution in [0.25, 0.3) is 11.1 Å². The van der Waals surface area contributed by atoms with Crippen molar-refractivity contribution in [2.45, 2.75) is 20.4 Å². The van der Waals surface area contributed by atoms with Crippen LogP contribution >= 0.6 is 0 Å². The fourth-order valence-electron chi connectivity index (χ4n) is 2.19. The number of halogens is 1. The second-order valence-corrected chi connectivity index (χ2v) is 4.58. The number of hydrogen-bond donors (Lipinski definition) is 1. The zero-order valence-corrected chi connectivity index (χ0v) is 11.0. The zero-order valence-electron chi connectivity index (χ0n) is 11.0. The third kappa shape index (κ3) is 2.44. The standard InChI is InChI=1S/C16H18FN/c1-11-5-4-6-15(12(11)2)16-9-14(17)8-7-13(16)10-18-3/h4-9,18H,10H2,1-3H3. The van der Waals surface area contributed by atoms with Crippen LogP contribution in [0.15, 0.2) is 36.4 Å². The molecule has 1 N–H and O–H groups in total. The maximum atomic E-state index is 13.5. The molecule has 0 fully saturated rings. The molecule has 0 saturated carbocycles. The van der Waals surface area contributed by atoms with Gasteiger partial charge >= 0.3 is 0 Å². The molecule has 0 radical (unpaired) electrons. The molecule has 94 valence electrons. The van der Waals surface area contributed by atoms with Crippen molar-refractivity contribution in [2.24, 2.45) is 0 Å². The lowest BCUT2D eigenvalue weighted by molar-refractivity contribution is 0.627. The second kappa shape index (κ2) is 5.32. The normalized spacial score (nSPS) is 10.7. The molecule has 0 spiro atoms. The van der Waals surface area contributed by atoms with Gasteiger partial charge in [-0.3, -0.25) is 0 Å². The highest BCUT2D eigenvalue weighted by Gasteiger charge is 2.09. The van der Waals surface area contributed by atoms with Gasteiger partial charge in [0.2, 0.25) is 0 Å². The Kier molecular flexibility index (Phi) is 3.78. The Hall–Kier alpha value is -1.67. The smallest absolute Gasteiger partial charge is 0.123 e. The number of nitrogens with one attached hydrogen (secondary N) is 1. The summed E-state index contributed by atoms with van der Waals surface area (Å²) in [6, 6.07) is 11.1. The van der Waals surface area contributed by atoms with Gasteiger partial charge in [0.05, 0.1) is 0 Å². The molecule has 2 heteroatoms. The summed E-state index contributed by atoms with van der Waals surface area (Å²) in [4.78, 5) is 0. The Morgan fingerprint density at radius 2 is 1.83 bits per heavy atom. The molecule has 2 rings (SSSR count). The summed E-state index contributed by atoms with van der Waals surface area (Å²) in [7, 11) is 1.90. The largest absolute Gasteiger partial charge is 0.316 e. The van der Waals surface area contributed by atoms with E-state index in [9.17, 15) is 4.39 Å². The summed E-state index contributed by atoms with van der Waals surface area (Å²) in [5.41, 5.74) is 5.64. The second-order valence-electron chi connectivity index (χ2n) is 4.58. The predicted octanol–water partition coefficient (Wildman–Crippen LogP) is 3.83. The highest BCUT2D eigenvalue weighted by Crippen LogP contribution is 2.29. The van der Waals surface area contributed by atoms with Crippen molar-refractivity contribution in [1.29, 1.82) is 0 Å². The Labute approximate surface area is 108 Å². The van der Waals surface area contributed by atoms with Crippen molar-refractivity contribution in [3.8, 4) is 11.1 Å². The van der Waals surface area contributed by atoms with Crippen molar-refractivity contribution in [3.05, 3.63) is 58.9 Å². The Balaban J connectivity index is 2.61. The number of aryl methyl sites for hydroxylation is 1. The summed E-state index contributed by atoms with van der Waals surface area (Å²) in [5, 5.41) is 3.13. The lowest BCUT2D eigenvalue weighted by Crippen LogP contribution is -2.07. The highest BCUT2D eigenvalue weighted by molar-refractivity contribution is 5.71. The molecule has 2 aromatic rings. The van der Waals surface area contributed by atoms with Gasteiger partial charge in [-0.2, -0.15) is 0 Å². The maximum absolute atomic E-state index is 13.5. The van der Waals surface area contributed by atoms with E-state index < -0.39 is 0 Å². The van der Waals surface area contributed by atoms with E-state index in [0.29, 0.717) is 0 Å². The Morgan fingerprint density at radius 1 is 1.06 bits per heavy atom. The van der Waals surface area contributed by atoms with Crippen molar-refractivity contribution in [1.82, 2.24) is 5.32 Å². The molecule has 0 heterocycles. The number of rotatable bonds is 3. The monoisotopic (exact) mass is 243 g/mol. The third-order valence-corrected chi connectivity index (χ3v) is 3.33. The van der Waals surface area contributed by atoms with Crippen LogP contribution in [-0.2, 0) is 6.54 Å². The Bertz CT molecular complexity index is 561. The quantitative estimate of drug-likeness (QED) is 0.864. The van der Waals surface area contributed by atoms with Gasteiger partial charge in [-0.05, 0) is 60.8 Å². The predicted molar refractivity (Wildman–Crippen MR) is 74.1 cm³/mol. The highest BCUT2D eigenvalue weighted by atomic mass is 19.1. The van der Waals surface area contributed by atoms with E-state index in [4.69, 9.17) is 0 Å². The summed E-state index contributed by atoms with van der Waals surface area (Å²) < 4.78 is 13.5. The first-order chi connectivity index (χ1) is 8.63. The first-order valence-corrected chi connectivity index (χ1v) is 6.13. The molecule has 0 bridgehead atoms. The molecule has 0 aliphatic rings. The third-order valence-electron chi connectivity index (χ3n) is 3.33. The lowest BCUT2D eigenvalue weighted by atomic mass is 9.93. The Morgan fingerprint density at radius 3 is 2.56 bits per heavy atom. The summed E-state index contributed by atoms with van der Waals surface area (Å²) >= 11 is 0. The molecule has 0 aromatic heterocycles. The molecule has 0 atom stereocenters. The van der Waals surface area contributed by atoms with Crippen LogP contribution in [-0.4, -0.2) is 7.05 Å². The SMILES string of the molecule is CNCc1ccc(F)cc1-c1cccc(C)c1C. The number of benzene rings is 2. The van der Waals surface area contributed by atoms with Gasteiger partial charge in [-0.15, -0.1) is 0 Å².